The number of ether oxygens (including phenoxy) is 1. The van der Waals surface area contributed by atoms with Crippen molar-refractivity contribution in [3.05, 3.63) is 93.8 Å². The van der Waals surface area contributed by atoms with Gasteiger partial charge in [0, 0.05) is 23.7 Å². The molecule has 0 aliphatic heterocycles. The molecule has 0 radical (unpaired) electrons. The summed E-state index contributed by atoms with van der Waals surface area (Å²) in [5.74, 6) is 0.950. The van der Waals surface area contributed by atoms with Crippen LogP contribution >= 0.6 is 23.2 Å². The predicted molar refractivity (Wildman–Crippen MR) is 133 cm³/mol. The van der Waals surface area contributed by atoms with Crippen molar-refractivity contribution in [3.8, 4) is 17.2 Å². The first-order valence-electron chi connectivity index (χ1n) is 10.6. The van der Waals surface area contributed by atoms with Crippen LogP contribution in [-0.2, 0) is 17.6 Å². The second-order valence-corrected chi connectivity index (χ2v) is 8.41. The molecule has 0 atom stereocenters. The van der Waals surface area contributed by atoms with Crippen LogP contribution in [0.25, 0.3) is 11.5 Å². The van der Waals surface area contributed by atoms with Crippen LogP contribution in [0.15, 0.2) is 71.1 Å². The number of benzene rings is 3. The first-order valence-corrected chi connectivity index (χ1v) is 11.4. The number of carboxylic acid groups (broad SMARTS) is 1. The monoisotopic (exact) mass is 496 g/mol. The number of para-hydroxylation sites is 1. The first kappa shape index (κ1) is 23.7. The van der Waals surface area contributed by atoms with Crippen molar-refractivity contribution in [1.29, 1.82) is 0 Å². The van der Waals surface area contributed by atoms with E-state index in [0.29, 0.717) is 51.7 Å². The minimum absolute atomic E-state index is 0.162. The Morgan fingerprint density at radius 3 is 2.50 bits per heavy atom. The van der Waals surface area contributed by atoms with Gasteiger partial charge in [0.1, 0.15) is 11.5 Å². The summed E-state index contributed by atoms with van der Waals surface area (Å²) in [6.07, 6.45) is 0.392. The molecule has 0 fully saturated rings. The summed E-state index contributed by atoms with van der Waals surface area (Å²) >= 11 is 12.6. The fraction of sp³-hybridized carbons (Fsp3) is 0.154. The maximum Gasteiger partial charge on any atom is 0.307 e. The van der Waals surface area contributed by atoms with Gasteiger partial charge < -0.3 is 19.6 Å². The molecule has 3 aromatic carbocycles. The summed E-state index contributed by atoms with van der Waals surface area (Å²) in [5.41, 5.74) is 3.37. The summed E-state index contributed by atoms with van der Waals surface area (Å²) in [5, 5.41) is 13.3. The smallest absolute Gasteiger partial charge is 0.307 e. The van der Waals surface area contributed by atoms with Gasteiger partial charge in [-0.05, 0) is 42.8 Å². The van der Waals surface area contributed by atoms with Crippen molar-refractivity contribution < 1.29 is 19.1 Å². The first-order chi connectivity index (χ1) is 16.4. The molecule has 8 heteroatoms. The molecule has 0 amide bonds. The zero-order chi connectivity index (χ0) is 24.1. The Hall–Kier alpha value is -3.48. The number of aryl methyl sites for hydroxylation is 1. The molecule has 4 rings (SSSR count). The molecule has 1 aromatic heterocycles. The molecule has 34 heavy (non-hydrogen) atoms. The van der Waals surface area contributed by atoms with E-state index in [1.54, 1.807) is 36.4 Å². The number of hydrogen-bond donors (Lipinski definition) is 2. The van der Waals surface area contributed by atoms with Crippen LogP contribution in [0.4, 0.5) is 11.4 Å². The molecule has 0 spiro atoms. The minimum Gasteiger partial charge on any atom is -0.493 e. The van der Waals surface area contributed by atoms with Crippen LogP contribution in [0, 0.1) is 6.92 Å². The standard InChI is InChI=1S/C26H22Cl2N2O4/c1-16-22(30-26(34-16)17-6-3-2-4-7-17)12-13-33-19-11-10-18(14-24(31)32)23(15-19)29-25-20(27)8-5-9-21(25)28/h2-11,15,29H,12-14H2,1H3,(H,31,32). The zero-order valence-corrected chi connectivity index (χ0v) is 19.9. The summed E-state index contributed by atoms with van der Waals surface area (Å²) in [7, 11) is 0. The van der Waals surface area contributed by atoms with E-state index >= 15 is 0 Å². The normalized spacial score (nSPS) is 10.8. The summed E-state index contributed by atoms with van der Waals surface area (Å²) in [4.78, 5) is 15.9. The fourth-order valence-electron chi connectivity index (χ4n) is 3.46. The fourth-order valence-corrected chi connectivity index (χ4v) is 3.95. The molecule has 0 bridgehead atoms. The van der Waals surface area contributed by atoms with Gasteiger partial charge in [-0.15, -0.1) is 0 Å². The molecule has 0 aliphatic carbocycles. The van der Waals surface area contributed by atoms with Gasteiger partial charge in [-0.25, -0.2) is 4.98 Å². The molecule has 1 heterocycles. The molecule has 0 aliphatic rings. The second-order valence-electron chi connectivity index (χ2n) is 7.60. The van der Waals surface area contributed by atoms with Crippen molar-refractivity contribution in [1.82, 2.24) is 4.98 Å². The Morgan fingerprint density at radius 1 is 1.06 bits per heavy atom. The van der Waals surface area contributed by atoms with Crippen molar-refractivity contribution in [2.75, 3.05) is 11.9 Å². The average molecular weight is 497 g/mol. The third kappa shape index (κ3) is 5.71. The van der Waals surface area contributed by atoms with Gasteiger partial charge in [0.15, 0.2) is 0 Å². The van der Waals surface area contributed by atoms with E-state index in [9.17, 15) is 9.90 Å². The van der Waals surface area contributed by atoms with Crippen LogP contribution in [0.5, 0.6) is 5.75 Å². The van der Waals surface area contributed by atoms with E-state index in [-0.39, 0.29) is 6.42 Å². The lowest BCUT2D eigenvalue weighted by Crippen LogP contribution is -2.06. The van der Waals surface area contributed by atoms with Crippen molar-refractivity contribution >= 4 is 40.5 Å². The Labute approximate surface area is 207 Å². The van der Waals surface area contributed by atoms with E-state index < -0.39 is 5.97 Å². The average Bonchev–Trinajstić information content (AvgIpc) is 3.18. The van der Waals surface area contributed by atoms with Gasteiger partial charge >= 0.3 is 5.97 Å². The summed E-state index contributed by atoms with van der Waals surface area (Å²) in [6.45, 7) is 2.25. The number of nitrogens with one attached hydrogen (secondary N) is 1. The number of oxazole rings is 1. The number of nitrogens with zero attached hydrogens (tertiary/aromatic N) is 1. The highest BCUT2D eigenvalue weighted by Crippen LogP contribution is 2.35. The van der Waals surface area contributed by atoms with Gasteiger partial charge in [-0.2, -0.15) is 0 Å². The third-order valence-electron chi connectivity index (χ3n) is 5.17. The van der Waals surface area contributed by atoms with Crippen LogP contribution in [0.3, 0.4) is 0 Å². The van der Waals surface area contributed by atoms with E-state index in [1.807, 2.05) is 37.3 Å². The van der Waals surface area contributed by atoms with E-state index in [1.165, 1.54) is 0 Å². The lowest BCUT2D eigenvalue weighted by atomic mass is 10.1. The highest BCUT2D eigenvalue weighted by molar-refractivity contribution is 6.39. The van der Waals surface area contributed by atoms with Crippen LogP contribution in [0.1, 0.15) is 17.0 Å². The number of aromatic nitrogens is 1. The Balaban J connectivity index is 1.49. The zero-order valence-electron chi connectivity index (χ0n) is 18.3. The maximum absolute atomic E-state index is 11.3. The molecule has 4 aromatic rings. The Kier molecular flexibility index (Phi) is 7.40. The predicted octanol–water partition coefficient (Wildman–Crippen LogP) is 6.95. The number of halogens is 2. The third-order valence-corrected chi connectivity index (χ3v) is 5.80. The van der Waals surface area contributed by atoms with Gasteiger partial charge in [0.25, 0.3) is 0 Å². The Bertz CT molecular complexity index is 1290. The van der Waals surface area contributed by atoms with Crippen molar-refractivity contribution in [2.45, 2.75) is 19.8 Å². The van der Waals surface area contributed by atoms with Gasteiger partial charge in [-0.3, -0.25) is 4.79 Å². The summed E-state index contributed by atoms with van der Waals surface area (Å²) < 4.78 is 11.8. The number of carbonyl (C=O) groups is 1. The highest BCUT2D eigenvalue weighted by atomic mass is 35.5. The van der Waals surface area contributed by atoms with Crippen LogP contribution in [0.2, 0.25) is 10.0 Å². The highest BCUT2D eigenvalue weighted by Gasteiger charge is 2.14. The maximum atomic E-state index is 11.3. The lowest BCUT2D eigenvalue weighted by molar-refractivity contribution is -0.136. The summed E-state index contributed by atoms with van der Waals surface area (Å²) in [6, 6.07) is 20.1. The minimum atomic E-state index is -0.947. The van der Waals surface area contributed by atoms with E-state index in [4.69, 9.17) is 32.4 Å². The van der Waals surface area contributed by atoms with Crippen LogP contribution in [-0.4, -0.2) is 22.7 Å². The molecular formula is C26H22Cl2N2O4. The van der Waals surface area contributed by atoms with Crippen LogP contribution < -0.4 is 10.1 Å². The molecule has 0 unspecified atom stereocenters. The van der Waals surface area contributed by atoms with Gasteiger partial charge in [-0.1, -0.05) is 53.5 Å². The second kappa shape index (κ2) is 10.6. The number of anilines is 2. The molecule has 0 saturated heterocycles. The van der Waals surface area contributed by atoms with Crippen molar-refractivity contribution in [2.24, 2.45) is 0 Å². The molecule has 0 saturated carbocycles. The van der Waals surface area contributed by atoms with E-state index in [2.05, 4.69) is 10.3 Å². The Morgan fingerprint density at radius 2 is 1.79 bits per heavy atom. The molecule has 174 valence electrons. The van der Waals surface area contributed by atoms with Crippen molar-refractivity contribution in [3.63, 3.8) is 0 Å². The molecule has 2 N–H and O–H groups in total. The molecule has 6 nitrogen and oxygen atoms in total. The lowest BCUT2D eigenvalue weighted by Gasteiger charge is -2.15. The van der Waals surface area contributed by atoms with Gasteiger partial charge in [0.05, 0.1) is 34.5 Å². The number of hydrogen-bond acceptors (Lipinski definition) is 5. The largest absolute Gasteiger partial charge is 0.493 e. The van der Waals surface area contributed by atoms with E-state index in [0.717, 1.165) is 17.0 Å². The number of aliphatic carboxylic acids is 1. The quantitative estimate of drug-likeness (QED) is 0.260. The number of rotatable bonds is 9. The number of carboxylic acids is 1. The molecular weight excluding hydrogens is 475 g/mol. The topological polar surface area (TPSA) is 84.6 Å². The van der Waals surface area contributed by atoms with Gasteiger partial charge in [0.2, 0.25) is 5.89 Å². The SMILES string of the molecule is Cc1oc(-c2ccccc2)nc1CCOc1ccc(CC(=O)O)c(Nc2c(Cl)cccc2Cl)c1.